The van der Waals surface area contributed by atoms with Crippen molar-refractivity contribution in [3.63, 3.8) is 0 Å². The molecule has 3 rings (SSSR count). The van der Waals surface area contributed by atoms with Gasteiger partial charge in [0.1, 0.15) is 9.77 Å². The Kier molecular flexibility index (Phi) is 6.62. The van der Waals surface area contributed by atoms with Crippen molar-refractivity contribution in [2.45, 2.75) is 18.0 Å². The van der Waals surface area contributed by atoms with E-state index in [0.717, 1.165) is 22.8 Å². The van der Waals surface area contributed by atoms with E-state index in [2.05, 4.69) is 15.1 Å². The molecule has 3 aromatic rings. The van der Waals surface area contributed by atoms with Crippen molar-refractivity contribution in [2.75, 3.05) is 26.0 Å². The molecule has 0 fully saturated rings. The average Bonchev–Trinajstić information content (AvgIpc) is 3.38. The molecule has 3 aromatic heterocycles. The predicted molar refractivity (Wildman–Crippen MR) is 111 cm³/mol. The lowest BCUT2D eigenvalue weighted by molar-refractivity contribution is 0.102. The summed E-state index contributed by atoms with van der Waals surface area (Å²) in [5, 5.41) is 10.4. The molecule has 0 aliphatic carbocycles. The van der Waals surface area contributed by atoms with Gasteiger partial charge in [-0.2, -0.15) is 5.10 Å². The van der Waals surface area contributed by atoms with Gasteiger partial charge >= 0.3 is 0 Å². The van der Waals surface area contributed by atoms with Crippen LogP contribution in [0, 0.1) is 0 Å². The first-order valence-electron chi connectivity index (χ1n) is 8.43. The van der Waals surface area contributed by atoms with Crippen LogP contribution in [0.15, 0.2) is 46.2 Å². The van der Waals surface area contributed by atoms with Gasteiger partial charge in [-0.05, 0) is 37.0 Å². The number of hydrogen-bond acceptors (Lipinski definition) is 7. The van der Waals surface area contributed by atoms with Crippen molar-refractivity contribution in [2.24, 2.45) is 0 Å². The maximum atomic E-state index is 12.6. The monoisotopic (exact) mass is 439 g/mol. The fourth-order valence-electron chi connectivity index (χ4n) is 2.37. The number of carbonyl (C=O) groups is 1. The highest BCUT2D eigenvalue weighted by atomic mass is 32.2. The number of nitrogens with one attached hydrogen (secondary N) is 2. The second-order valence-corrected chi connectivity index (χ2v) is 9.95. The van der Waals surface area contributed by atoms with Crippen LogP contribution >= 0.6 is 22.7 Å². The van der Waals surface area contributed by atoms with Gasteiger partial charge in [0.05, 0.1) is 18.4 Å². The molecule has 0 saturated carbocycles. The molecule has 0 radical (unpaired) electrons. The Morgan fingerprint density at radius 1 is 1.25 bits per heavy atom. The molecule has 0 aliphatic heterocycles. The van der Waals surface area contributed by atoms with Crippen LogP contribution in [0.1, 0.15) is 14.5 Å². The minimum Gasteiger partial charge on any atom is -0.319 e. The van der Waals surface area contributed by atoms with Crippen LogP contribution in [0.4, 0.5) is 5.69 Å². The van der Waals surface area contributed by atoms with Crippen LogP contribution in [0.25, 0.3) is 0 Å². The largest absolute Gasteiger partial charge is 0.319 e. The molecule has 0 atom stereocenters. The van der Waals surface area contributed by atoms with Crippen LogP contribution in [0.2, 0.25) is 0 Å². The minimum absolute atomic E-state index is 0.0217. The van der Waals surface area contributed by atoms with Crippen LogP contribution in [-0.2, 0) is 23.1 Å². The van der Waals surface area contributed by atoms with Crippen molar-refractivity contribution in [3.8, 4) is 0 Å². The summed E-state index contributed by atoms with van der Waals surface area (Å²) < 4.78 is 29.5. The molecule has 150 valence electrons. The zero-order valence-corrected chi connectivity index (χ0v) is 17.9. The number of likely N-dealkylation sites (N-methyl/N-ethyl adjacent to an activating group) is 1. The second kappa shape index (κ2) is 8.97. The number of anilines is 1. The Labute approximate surface area is 171 Å². The van der Waals surface area contributed by atoms with Gasteiger partial charge in [-0.3, -0.25) is 9.48 Å². The van der Waals surface area contributed by atoms with Crippen LogP contribution in [0.3, 0.4) is 0 Å². The first-order chi connectivity index (χ1) is 13.3. The smallest absolute Gasteiger partial charge is 0.267 e. The maximum absolute atomic E-state index is 12.6. The fraction of sp³-hybridized carbons (Fsp3) is 0.294. The molecule has 1 amide bonds. The lowest BCUT2D eigenvalue weighted by atomic mass is 10.4. The van der Waals surface area contributed by atoms with E-state index in [9.17, 15) is 13.2 Å². The standard InChI is InChI=1S/C17H21N5O3S3/c1-21(2)6-7-22-12-13(10-18-22)20-17(23)16-15(5-9-27-16)28(24,25)19-11-14-4-3-8-26-14/h3-5,8-10,12,19H,6-7,11H2,1-2H3,(H,20,23). The first kappa shape index (κ1) is 20.7. The van der Waals surface area contributed by atoms with E-state index in [-0.39, 0.29) is 16.3 Å². The highest BCUT2D eigenvalue weighted by molar-refractivity contribution is 7.89. The molecular formula is C17H21N5O3S3. The Morgan fingerprint density at radius 2 is 2.07 bits per heavy atom. The van der Waals surface area contributed by atoms with Gasteiger partial charge in [-0.1, -0.05) is 6.07 Å². The third kappa shape index (κ3) is 5.26. The lowest BCUT2D eigenvalue weighted by Gasteiger charge is -2.08. The van der Waals surface area contributed by atoms with E-state index >= 15 is 0 Å². The van der Waals surface area contributed by atoms with Crippen LogP contribution < -0.4 is 10.0 Å². The van der Waals surface area contributed by atoms with Gasteiger partial charge in [-0.25, -0.2) is 13.1 Å². The topological polar surface area (TPSA) is 96.3 Å². The summed E-state index contributed by atoms with van der Waals surface area (Å²) in [6, 6.07) is 5.15. The number of aromatic nitrogens is 2. The molecule has 2 N–H and O–H groups in total. The van der Waals surface area contributed by atoms with Crippen molar-refractivity contribution in [1.29, 1.82) is 0 Å². The first-order valence-corrected chi connectivity index (χ1v) is 11.7. The Balaban J connectivity index is 1.67. The summed E-state index contributed by atoms with van der Waals surface area (Å²) in [6.07, 6.45) is 3.27. The Bertz CT molecular complexity index is 1020. The van der Waals surface area contributed by atoms with Crippen LogP contribution in [-0.4, -0.2) is 49.6 Å². The summed E-state index contributed by atoms with van der Waals surface area (Å²) >= 11 is 2.55. The van der Waals surface area contributed by atoms with E-state index in [0.29, 0.717) is 12.2 Å². The van der Waals surface area contributed by atoms with E-state index < -0.39 is 15.9 Å². The number of nitrogens with zero attached hydrogens (tertiary/aromatic N) is 3. The molecule has 11 heteroatoms. The molecule has 0 saturated heterocycles. The Hall–Kier alpha value is -2.05. The summed E-state index contributed by atoms with van der Waals surface area (Å²) in [7, 11) is 0.145. The van der Waals surface area contributed by atoms with E-state index in [4.69, 9.17) is 0 Å². The van der Waals surface area contributed by atoms with Crippen LogP contribution in [0.5, 0.6) is 0 Å². The normalized spacial score (nSPS) is 11.8. The van der Waals surface area contributed by atoms with Crippen molar-refractivity contribution in [3.05, 3.63) is 51.1 Å². The zero-order valence-electron chi connectivity index (χ0n) is 15.5. The summed E-state index contributed by atoms with van der Waals surface area (Å²) in [5.41, 5.74) is 0.520. The third-order valence-corrected chi connectivity index (χ3v) is 7.17. The molecule has 0 aliphatic rings. The van der Waals surface area contributed by atoms with Gasteiger partial charge in [0, 0.05) is 24.2 Å². The van der Waals surface area contributed by atoms with Gasteiger partial charge in [0.2, 0.25) is 10.0 Å². The lowest BCUT2D eigenvalue weighted by Crippen LogP contribution is -2.25. The van der Waals surface area contributed by atoms with E-state index in [1.165, 1.54) is 17.4 Å². The molecule has 0 bridgehead atoms. The molecule has 0 spiro atoms. The number of sulfonamides is 1. The summed E-state index contributed by atoms with van der Waals surface area (Å²) in [6.45, 7) is 1.70. The number of thiophene rings is 2. The SMILES string of the molecule is CN(C)CCn1cc(NC(=O)c2sccc2S(=O)(=O)NCc2cccs2)cn1. The highest BCUT2D eigenvalue weighted by Crippen LogP contribution is 2.23. The van der Waals surface area contributed by atoms with Gasteiger partial charge in [-0.15, -0.1) is 22.7 Å². The van der Waals surface area contributed by atoms with Crippen molar-refractivity contribution < 1.29 is 13.2 Å². The zero-order chi connectivity index (χ0) is 20.1. The molecule has 3 heterocycles. The number of rotatable bonds is 9. The quantitative estimate of drug-likeness (QED) is 0.533. The maximum Gasteiger partial charge on any atom is 0.267 e. The van der Waals surface area contributed by atoms with Gasteiger partial charge in [0.25, 0.3) is 5.91 Å². The number of carbonyl (C=O) groups excluding carboxylic acids is 1. The second-order valence-electron chi connectivity index (χ2n) is 6.27. The predicted octanol–water partition coefficient (Wildman–Crippen LogP) is 2.30. The van der Waals surface area contributed by atoms with E-state index in [1.807, 2.05) is 36.5 Å². The van der Waals surface area contributed by atoms with Gasteiger partial charge < -0.3 is 10.2 Å². The molecular weight excluding hydrogens is 418 g/mol. The fourth-order valence-corrected chi connectivity index (χ4v) is 5.44. The Morgan fingerprint density at radius 3 is 2.79 bits per heavy atom. The minimum atomic E-state index is -3.79. The number of hydrogen-bond donors (Lipinski definition) is 2. The summed E-state index contributed by atoms with van der Waals surface area (Å²) in [5.74, 6) is -0.473. The van der Waals surface area contributed by atoms with Crippen molar-refractivity contribution in [1.82, 2.24) is 19.4 Å². The molecule has 0 unspecified atom stereocenters. The summed E-state index contributed by atoms with van der Waals surface area (Å²) in [4.78, 5) is 15.7. The molecule has 28 heavy (non-hydrogen) atoms. The van der Waals surface area contributed by atoms with Crippen molar-refractivity contribution >= 4 is 44.3 Å². The average molecular weight is 440 g/mol. The third-order valence-electron chi connectivity index (χ3n) is 3.81. The molecule has 8 nitrogen and oxygen atoms in total. The van der Waals surface area contributed by atoms with Gasteiger partial charge in [0.15, 0.2) is 0 Å². The highest BCUT2D eigenvalue weighted by Gasteiger charge is 2.24. The number of amides is 1. The molecule has 0 aromatic carbocycles. The van der Waals surface area contributed by atoms with E-state index in [1.54, 1.807) is 22.5 Å².